The average Bonchev–Trinajstić information content (AvgIpc) is 3.17. The number of hydrogen-bond acceptors (Lipinski definition) is 10. The van der Waals surface area contributed by atoms with Gasteiger partial charge in [0.2, 0.25) is 11.8 Å². The third kappa shape index (κ3) is 6.22. The first-order chi connectivity index (χ1) is 19.5. The summed E-state index contributed by atoms with van der Waals surface area (Å²) in [6, 6.07) is 7.28. The molecule has 1 aromatic heterocycles. The highest BCUT2D eigenvalue weighted by Crippen LogP contribution is 2.30. The molecule has 2 fully saturated rings. The summed E-state index contributed by atoms with van der Waals surface area (Å²) in [7, 11) is 0. The zero-order valence-corrected chi connectivity index (χ0v) is 23.3. The predicted octanol–water partition coefficient (Wildman–Crippen LogP) is 1.64. The van der Waals surface area contributed by atoms with Gasteiger partial charge in [-0.1, -0.05) is 0 Å². The van der Waals surface area contributed by atoms with E-state index in [0.29, 0.717) is 24.5 Å². The Bertz CT molecular complexity index is 1380. The molecule has 216 valence electrons. The van der Waals surface area contributed by atoms with Crippen molar-refractivity contribution in [3.63, 3.8) is 0 Å². The van der Waals surface area contributed by atoms with Crippen LogP contribution in [0.5, 0.6) is 5.75 Å². The van der Waals surface area contributed by atoms with Crippen molar-refractivity contribution in [2.45, 2.75) is 45.3 Å². The number of piperazine rings is 1. The van der Waals surface area contributed by atoms with Crippen LogP contribution in [0.4, 0.5) is 5.82 Å². The summed E-state index contributed by atoms with van der Waals surface area (Å²) >= 11 is 0. The molecule has 1 unspecified atom stereocenters. The summed E-state index contributed by atoms with van der Waals surface area (Å²) in [6.45, 7) is 9.68. The lowest BCUT2D eigenvalue weighted by molar-refractivity contribution is -0.136. The summed E-state index contributed by atoms with van der Waals surface area (Å²) in [4.78, 5) is 71.6. The van der Waals surface area contributed by atoms with Crippen LogP contribution in [0.1, 0.15) is 64.7 Å². The zero-order valence-electron chi connectivity index (χ0n) is 23.3. The molecule has 12 heteroatoms. The van der Waals surface area contributed by atoms with E-state index in [1.807, 2.05) is 26.8 Å². The number of hydrogen-bond donors (Lipinski definition) is 1. The molecule has 0 spiro atoms. The number of carbonyl (C=O) groups excluding carboxylic acids is 5. The van der Waals surface area contributed by atoms with Gasteiger partial charge in [0.1, 0.15) is 29.8 Å². The zero-order chi connectivity index (χ0) is 29.3. The Morgan fingerprint density at radius 2 is 1.73 bits per heavy atom. The molecule has 2 aromatic rings. The Hall–Kier alpha value is -4.32. The maximum Gasteiger partial charge on any atom is 0.340 e. The average molecular weight is 564 g/mol. The van der Waals surface area contributed by atoms with Crippen LogP contribution in [0, 0.1) is 0 Å². The number of carbonyl (C=O) groups is 5. The summed E-state index contributed by atoms with van der Waals surface area (Å²) in [6.07, 6.45) is 1.73. The quantitative estimate of drug-likeness (QED) is 0.391. The molecule has 5 rings (SSSR count). The molecule has 41 heavy (non-hydrogen) atoms. The minimum Gasteiger partial charge on any atom is -0.492 e. The molecule has 0 aliphatic carbocycles. The monoisotopic (exact) mass is 563 g/mol. The van der Waals surface area contributed by atoms with E-state index in [9.17, 15) is 24.0 Å². The fourth-order valence-corrected chi connectivity index (χ4v) is 5.06. The van der Waals surface area contributed by atoms with Crippen LogP contribution in [-0.4, -0.2) is 95.4 Å². The summed E-state index contributed by atoms with van der Waals surface area (Å²) in [5, 5.41) is 2.19. The summed E-state index contributed by atoms with van der Waals surface area (Å²) < 4.78 is 11.3. The number of rotatable bonds is 7. The van der Waals surface area contributed by atoms with Gasteiger partial charge in [0.05, 0.1) is 16.7 Å². The molecular weight excluding hydrogens is 530 g/mol. The number of fused-ring (bicyclic) bond motifs is 1. The second kappa shape index (κ2) is 11.3. The maximum absolute atomic E-state index is 13.0. The number of aromatic nitrogens is 1. The summed E-state index contributed by atoms with van der Waals surface area (Å²) in [5.74, 6) is -1.29. The number of ether oxygens (including phenoxy) is 2. The van der Waals surface area contributed by atoms with E-state index in [1.54, 1.807) is 18.3 Å². The SMILES string of the molecule is CC(C)(C)OC(=O)c1ccc(N2CCN(CCOc3ccc4c(c3)C(=O)N(C3CCC(=O)NC3=O)C4=O)CC2)nc1. The van der Waals surface area contributed by atoms with Gasteiger partial charge in [-0.2, -0.15) is 0 Å². The smallest absolute Gasteiger partial charge is 0.340 e. The van der Waals surface area contributed by atoms with Gasteiger partial charge in [0.15, 0.2) is 0 Å². The molecule has 4 amide bonds. The van der Waals surface area contributed by atoms with E-state index in [1.165, 1.54) is 12.1 Å². The lowest BCUT2D eigenvalue weighted by Crippen LogP contribution is -2.54. The topological polar surface area (TPSA) is 138 Å². The normalized spacial score (nSPS) is 19.7. The number of benzene rings is 1. The highest BCUT2D eigenvalue weighted by Gasteiger charge is 2.44. The highest BCUT2D eigenvalue weighted by molar-refractivity contribution is 6.23. The first kappa shape index (κ1) is 28.2. The maximum atomic E-state index is 13.0. The van der Waals surface area contributed by atoms with E-state index in [4.69, 9.17) is 9.47 Å². The van der Waals surface area contributed by atoms with E-state index in [-0.39, 0.29) is 24.0 Å². The molecule has 3 aliphatic rings. The fourth-order valence-electron chi connectivity index (χ4n) is 5.06. The summed E-state index contributed by atoms with van der Waals surface area (Å²) in [5.41, 5.74) is 0.263. The molecule has 12 nitrogen and oxygen atoms in total. The largest absolute Gasteiger partial charge is 0.492 e. The van der Waals surface area contributed by atoms with Crippen LogP contribution in [0.15, 0.2) is 36.5 Å². The molecule has 4 heterocycles. The second-order valence-corrected chi connectivity index (χ2v) is 11.2. The number of amides is 4. The van der Waals surface area contributed by atoms with Gasteiger partial charge >= 0.3 is 5.97 Å². The third-order valence-corrected chi connectivity index (χ3v) is 7.17. The molecule has 0 bridgehead atoms. The molecule has 1 atom stereocenters. The van der Waals surface area contributed by atoms with E-state index in [0.717, 1.165) is 36.9 Å². The molecule has 1 aromatic carbocycles. The number of nitrogens with one attached hydrogen (secondary N) is 1. The van der Waals surface area contributed by atoms with Crippen LogP contribution < -0.4 is 15.0 Å². The molecule has 0 saturated carbocycles. The van der Waals surface area contributed by atoms with Gasteiger partial charge in [-0.25, -0.2) is 9.78 Å². The van der Waals surface area contributed by atoms with Crippen molar-refractivity contribution < 1.29 is 33.4 Å². The molecule has 1 N–H and O–H groups in total. The molecular formula is C29H33N5O7. The van der Waals surface area contributed by atoms with Gasteiger partial charge < -0.3 is 14.4 Å². The first-order valence-corrected chi connectivity index (χ1v) is 13.7. The first-order valence-electron chi connectivity index (χ1n) is 13.7. The van der Waals surface area contributed by atoms with Crippen molar-refractivity contribution in [1.29, 1.82) is 0 Å². The number of pyridine rings is 1. The van der Waals surface area contributed by atoms with Crippen LogP contribution >= 0.6 is 0 Å². The number of imide groups is 2. The van der Waals surface area contributed by atoms with Crippen molar-refractivity contribution in [1.82, 2.24) is 20.1 Å². The minimum absolute atomic E-state index is 0.0727. The second-order valence-electron chi connectivity index (χ2n) is 11.2. The van der Waals surface area contributed by atoms with E-state index < -0.39 is 41.2 Å². The standard InChI is InChI=1S/C29H33N5O7/c1-29(2,3)41-28(39)18-4-8-23(30-17-18)33-12-10-32(11-13-33)14-15-40-19-5-6-20-21(16-19)27(38)34(26(20)37)22-7-9-24(35)31-25(22)36/h4-6,8,16-17,22H,7,9-15H2,1-3H3,(H,31,35,36). The van der Waals surface area contributed by atoms with Crippen LogP contribution in [0.3, 0.4) is 0 Å². The molecule has 0 radical (unpaired) electrons. The number of anilines is 1. The van der Waals surface area contributed by atoms with Gasteiger partial charge in [0, 0.05) is 45.3 Å². The van der Waals surface area contributed by atoms with Gasteiger partial charge in [0.25, 0.3) is 11.8 Å². The Morgan fingerprint density at radius 1 is 1.00 bits per heavy atom. The third-order valence-electron chi connectivity index (χ3n) is 7.17. The number of piperidine rings is 1. The van der Waals surface area contributed by atoms with E-state index in [2.05, 4.69) is 20.1 Å². The van der Waals surface area contributed by atoms with Crippen molar-refractivity contribution >= 4 is 35.4 Å². The predicted molar refractivity (Wildman–Crippen MR) is 147 cm³/mol. The van der Waals surface area contributed by atoms with Gasteiger partial charge in [-0.3, -0.25) is 34.3 Å². The fraction of sp³-hybridized carbons (Fsp3) is 0.448. The lowest BCUT2D eigenvalue weighted by Gasteiger charge is -2.35. The van der Waals surface area contributed by atoms with Crippen LogP contribution in [-0.2, 0) is 14.3 Å². The Morgan fingerprint density at radius 3 is 2.39 bits per heavy atom. The van der Waals surface area contributed by atoms with Gasteiger partial charge in [-0.15, -0.1) is 0 Å². The highest BCUT2D eigenvalue weighted by atomic mass is 16.6. The van der Waals surface area contributed by atoms with Gasteiger partial charge in [-0.05, 0) is 57.5 Å². The number of nitrogens with zero attached hydrogens (tertiary/aromatic N) is 4. The van der Waals surface area contributed by atoms with Crippen molar-refractivity contribution in [2.24, 2.45) is 0 Å². The van der Waals surface area contributed by atoms with Crippen LogP contribution in [0.25, 0.3) is 0 Å². The Labute approximate surface area is 237 Å². The minimum atomic E-state index is -0.999. The Balaban J connectivity index is 1.10. The van der Waals surface area contributed by atoms with Crippen molar-refractivity contribution in [3.8, 4) is 5.75 Å². The van der Waals surface area contributed by atoms with Crippen molar-refractivity contribution in [3.05, 3.63) is 53.2 Å². The van der Waals surface area contributed by atoms with Crippen molar-refractivity contribution in [2.75, 3.05) is 44.2 Å². The molecule has 3 aliphatic heterocycles. The lowest BCUT2D eigenvalue weighted by atomic mass is 10.0. The van der Waals surface area contributed by atoms with E-state index >= 15 is 0 Å². The molecule has 2 saturated heterocycles. The number of esters is 1. The Kier molecular flexibility index (Phi) is 7.76. The van der Waals surface area contributed by atoms with Crippen LogP contribution in [0.2, 0.25) is 0 Å².